The van der Waals surface area contributed by atoms with E-state index in [1.54, 1.807) is 18.2 Å². The number of hydrogen-bond donors (Lipinski definition) is 2. The van der Waals surface area contributed by atoms with E-state index in [1.807, 2.05) is 49.4 Å². The monoisotopic (exact) mass is 448 g/mol. The number of benzene rings is 3. The number of hydrogen-bond acceptors (Lipinski definition) is 8. The summed E-state index contributed by atoms with van der Waals surface area (Å²) in [5, 5.41) is 3.19. The Bertz CT molecular complexity index is 1530. The largest absolute Gasteiger partial charge is 0.337 e. The molecule has 8 nitrogen and oxygen atoms in total. The van der Waals surface area contributed by atoms with E-state index in [1.165, 1.54) is 6.07 Å². The highest BCUT2D eigenvalue weighted by molar-refractivity contribution is 7.93. The maximum Gasteiger partial charge on any atom is 0.265 e. The second kappa shape index (κ2) is 7.56. The van der Waals surface area contributed by atoms with Crippen LogP contribution in [0.3, 0.4) is 0 Å². The minimum absolute atomic E-state index is 0.0372. The molecule has 0 fully saturated rings. The lowest BCUT2D eigenvalue weighted by molar-refractivity contribution is 0.602. The van der Waals surface area contributed by atoms with Crippen LogP contribution >= 0.6 is 11.7 Å². The Kier molecular flexibility index (Phi) is 4.72. The summed E-state index contributed by atoms with van der Waals surface area (Å²) < 4.78 is 37.3. The normalized spacial score (nSPS) is 11.6. The van der Waals surface area contributed by atoms with Crippen molar-refractivity contribution < 1.29 is 8.42 Å². The highest BCUT2D eigenvalue weighted by Gasteiger charge is 2.22. The summed E-state index contributed by atoms with van der Waals surface area (Å²) in [5.41, 5.74) is 3.90. The highest BCUT2D eigenvalue weighted by atomic mass is 32.2. The number of nitrogens with zero attached hydrogens (tertiary/aromatic N) is 4. The summed E-state index contributed by atoms with van der Waals surface area (Å²) >= 11 is 0.965. The second-order valence-corrected chi connectivity index (χ2v) is 9.08. The van der Waals surface area contributed by atoms with Gasteiger partial charge in [-0.15, -0.1) is 0 Å². The predicted octanol–water partition coefficient (Wildman–Crippen LogP) is 4.49. The molecule has 10 heteroatoms. The van der Waals surface area contributed by atoms with Crippen LogP contribution in [0.15, 0.2) is 71.6 Å². The van der Waals surface area contributed by atoms with Crippen LogP contribution in [0, 0.1) is 6.92 Å². The molecule has 0 atom stereocenters. The molecule has 2 heterocycles. The number of para-hydroxylation sites is 2. The number of nitrogens with one attached hydrogen (secondary N) is 2. The fourth-order valence-corrected chi connectivity index (χ4v) is 4.98. The number of sulfonamides is 1. The quantitative estimate of drug-likeness (QED) is 0.408. The van der Waals surface area contributed by atoms with Gasteiger partial charge in [-0.05, 0) is 48.9 Å². The summed E-state index contributed by atoms with van der Waals surface area (Å²) in [6.07, 6.45) is 0. The predicted molar refractivity (Wildman–Crippen MR) is 122 cm³/mol. The lowest BCUT2D eigenvalue weighted by Crippen LogP contribution is -2.16. The summed E-state index contributed by atoms with van der Waals surface area (Å²) in [7, 11) is -3.99. The molecule has 0 radical (unpaired) electrons. The Balaban J connectivity index is 1.62. The van der Waals surface area contributed by atoms with Gasteiger partial charge in [0.25, 0.3) is 10.0 Å². The third-order valence-electron chi connectivity index (χ3n) is 4.62. The Morgan fingerprint density at radius 2 is 1.52 bits per heavy atom. The third kappa shape index (κ3) is 3.78. The number of aromatic nitrogens is 4. The van der Waals surface area contributed by atoms with Gasteiger partial charge < -0.3 is 5.32 Å². The van der Waals surface area contributed by atoms with E-state index in [2.05, 4.69) is 28.8 Å². The summed E-state index contributed by atoms with van der Waals surface area (Å²) in [4.78, 5) is 9.16. The average molecular weight is 449 g/mol. The van der Waals surface area contributed by atoms with E-state index in [-0.39, 0.29) is 10.7 Å². The van der Waals surface area contributed by atoms with Gasteiger partial charge in [0, 0.05) is 5.69 Å². The van der Waals surface area contributed by atoms with Crippen LogP contribution in [-0.2, 0) is 10.0 Å². The fourth-order valence-electron chi connectivity index (χ4n) is 3.20. The summed E-state index contributed by atoms with van der Waals surface area (Å²) in [6.45, 7) is 1.98. The van der Waals surface area contributed by atoms with E-state index in [0.29, 0.717) is 27.9 Å². The van der Waals surface area contributed by atoms with Crippen molar-refractivity contribution in [3.63, 3.8) is 0 Å². The lowest BCUT2D eigenvalue weighted by atomic mass is 10.2. The topological polar surface area (TPSA) is 110 Å². The summed E-state index contributed by atoms with van der Waals surface area (Å²) in [6, 6.07) is 19.8. The Morgan fingerprint density at radius 1 is 0.806 bits per heavy atom. The molecule has 3 aromatic carbocycles. The van der Waals surface area contributed by atoms with Crippen LogP contribution in [0.1, 0.15) is 5.56 Å². The third-order valence-corrected chi connectivity index (χ3v) is 6.53. The van der Waals surface area contributed by atoms with Gasteiger partial charge in [-0.1, -0.05) is 30.3 Å². The van der Waals surface area contributed by atoms with Crippen LogP contribution in [-0.4, -0.2) is 27.1 Å². The van der Waals surface area contributed by atoms with Gasteiger partial charge in [-0.2, -0.15) is 8.75 Å². The van der Waals surface area contributed by atoms with E-state index in [9.17, 15) is 8.42 Å². The molecule has 5 rings (SSSR count). The van der Waals surface area contributed by atoms with Crippen molar-refractivity contribution in [3.8, 4) is 0 Å². The number of aryl methyl sites for hydroxylation is 1. The number of rotatable bonds is 5. The van der Waals surface area contributed by atoms with Crippen molar-refractivity contribution in [1.29, 1.82) is 0 Å². The average Bonchev–Trinajstić information content (AvgIpc) is 3.23. The van der Waals surface area contributed by atoms with Crippen LogP contribution in [0.5, 0.6) is 0 Å². The molecule has 0 aliphatic heterocycles. The Hall–Kier alpha value is -3.63. The molecule has 154 valence electrons. The van der Waals surface area contributed by atoms with Gasteiger partial charge in [-0.25, -0.2) is 18.4 Å². The minimum atomic E-state index is -3.99. The smallest absolute Gasteiger partial charge is 0.265 e. The SMILES string of the molecule is Cc1cccc(Nc2nc3ccccc3nc2NS(=O)(=O)c2cccc3nsnc23)c1. The number of fused-ring (bicyclic) bond motifs is 2. The first-order valence-electron chi connectivity index (χ1n) is 9.34. The van der Waals surface area contributed by atoms with Gasteiger partial charge in [0.1, 0.15) is 15.9 Å². The first-order chi connectivity index (χ1) is 15.0. The van der Waals surface area contributed by atoms with Crippen LogP contribution in [0.2, 0.25) is 0 Å². The molecule has 0 aliphatic carbocycles. The van der Waals surface area contributed by atoms with E-state index < -0.39 is 10.0 Å². The summed E-state index contributed by atoms with van der Waals surface area (Å²) in [5.74, 6) is 0.400. The van der Waals surface area contributed by atoms with Gasteiger partial charge in [0.15, 0.2) is 11.6 Å². The zero-order valence-corrected chi connectivity index (χ0v) is 17.9. The van der Waals surface area contributed by atoms with Crippen molar-refractivity contribution in [1.82, 2.24) is 18.7 Å². The second-order valence-electron chi connectivity index (χ2n) is 6.90. The maximum atomic E-state index is 13.2. The van der Waals surface area contributed by atoms with Gasteiger partial charge in [0.2, 0.25) is 0 Å². The van der Waals surface area contributed by atoms with Crippen molar-refractivity contribution >= 4 is 61.1 Å². The zero-order chi connectivity index (χ0) is 21.4. The standard InChI is InChI=1S/C21H16N6O2S2/c1-13-6-4-7-14(12-13)22-20-21(24-16-9-3-2-8-15(16)23-20)27-31(28,29)18-11-5-10-17-19(18)26-30-25-17/h2-12H,1H3,(H,22,23)(H,24,27). The molecule has 0 saturated carbocycles. The molecule has 0 amide bonds. The molecule has 0 spiro atoms. The van der Waals surface area contributed by atoms with Crippen molar-refractivity contribution in [2.24, 2.45) is 0 Å². The highest BCUT2D eigenvalue weighted by Crippen LogP contribution is 2.29. The zero-order valence-electron chi connectivity index (χ0n) is 16.3. The first-order valence-corrected chi connectivity index (χ1v) is 11.6. The molecule has 2 aromatic heterocycles. The van der Waals surface area contributed by atoms with Gasteiger partial charge in [0.05, 0.1) is 22.8 Å². The molecular weight excluding hydrogens is 432 g/mol. The van der Waals surface area contributed by atoms with Gasteiger partial charge >= 0.3 is 0 Å². The lowest BCUT2D eigenvalue weighted by Gasteiger charge is -2.14. The molecule has 2 N–H and O–H groups in total. The molecule has 0 saturated heterocycles. The molecular formula is C21H16N6O2S2. The van der Waals surface area contributed by atoms with E-state index >= 15 is 0 Å². The van der Waals surface area contributed by atoms with Crippen LogP contribution in [0.25, 0.3) is 22.1 Å². The van der Waals surface area contributed by atoms with Crippen molar-refractivity contribution in [2.45, 2.75) is 11.8 Å². The van der Waals surface area contributed by atoms with E-state index in [0.717, 1.165) is 23.0 Å². The van der Waals surface area contributed by atoms with Crippen molar-refractivity contribution in [2.75, 3.05) is 10.0 Å². The molecule has 0 unspecified atom stereocenters. The first kappa shape index (κ1) is 19.3. The minimum Gasteiger partial charge on any atom is -0.337 e. The molecule has 0 aliphatic rings. The van der Waals surface area contributed by atoms with Crippen molar-refractivity contribution in [3.05, 3.63) is 72.3 Å². The van der Waals surface area contributed by atoms with Gasteiger partial charge in [-0.3, -0.25) is 4.72 Å². The van der Waals surface area contributed by atoms with Crippen LogP contribution < -0.4 is 10.0 Å². The molecule has 31 heavy (non-hydrogen) atoms. The van der Waals surface area contributed by atoms with Crippen LogP contribution in [0.4, 0.5) is 17.3 Å². The van der Waals surface area contributed by atoms with E-state index in [4.69, 9.17) is 0 Å². The number of anilines is 3. The molecule has 5 aromatic rings. The Labute approximate surface area is 182 Å². The molecule has 0 bridgehead atoms. The maximum absolute atomic E-state index is 13.2. The Morgan fingerprint density at radius 3 is 2.29 bits per heavy atom. The fraction of sp³-hybridized carbons (Fsp3) is 0.0476.